The summed E-state index contributed by atoms with van der Waals surface area (Å²) in [7, 11) is 1.47. The molecular formula is C20H18N2O4S. The normalized spacial score (nSPS) is 11.0. The fourth-order valence-corrected chi connectivity index (χ4v) is 3.55. The van der Waals surface area contributed by atoms with Gasteiger partial charge < -0.3 is 14.9 Å². The summed E-state index contributed by atoms with van der Waals surface area (Å²) < 4.78 is 4.99. The Labute approximate surface area is 160 Å². The number of hydrogen-bond acceptors (Lipinski definition) is 7. The van der Waals surface area contributed by atoms with Gasteiger partial charge >= 0.3 is 0 Å². The molecule has 0 aliphatic heterocycles. The topological polar surface area (TPSA) is 92.0 Å². The molecule has 0 radical (unpaired) electrons. The van der Waals surface area contributed by atoms with E-state index in [2.05, 4.69) is 9.98 Å². The molecular weight excluding hydrogens is 364 g/mol. The molecule has 0 spiro atoms. The number of Topliss-reactive ketones (excluding diaryl/α,β-unsaturated/α-hetero) is 1. The quantitative estimate of drug-likeness (QED) is 0.499. The first-order valence-electron chi connectivity index (χ1n) is 8.15. The van der Waals surface area contributed by atoms with Crippen LogP contribution < -0.4 is 4.74 Å². The summed E-state index contributed by atoms with van der Waals surface area (Å²) in [6.45, 7) is 1.73. The summed E-state index contributed by atoms with van der Waals surface area (Å²) in [5.41, 5.74) is 1.87. The molecule has 0 aliphatic carbocycles. The first-order chi connectivity index (χ1) is 13.0. The predicted molar refractivity (Wildman–Crippen MR) is 105 cm³/mol. The van der Waals surface area contributed by atoms with Crippen LogP contribution in [-0.4, -0.2) is 40.8 Å². The maximum absolute atomic E-state index is 12.5. The summed E-state index contributed by atoms with van der Waals surface area (Å²) in [6.07, 6.45) is 1.53. The van der Waals surface area contributed by atoms with E-state index in [-0.39, 0.29) is 23.8 Å². The number of ketones is 1. The van der Waals surface area contributed by atoms with Crippen LogP contribution >= 0.6 is 11.3 Å². The van der Waals surface area contributed by atoms with Crippen LogP contribution in [0.3, 0.4) is 0 Å². The van der Waals surface area contributed by atoms with Crippen molar-refractivity contribution in [3.8, 4) is 27.8 Å². The number of aromatic nitrogens is 1. The van der Waals surface area contributed by atoms with Crippen molar-refractivity contribution in [2.75, 3.05) is 13.7 Å². The van der Waals surface area contributed by atoms with Gasteiger partial charge in [-0.2, -0.15) is 0 Å². The third-order valence-corrected chi connectivity index (χ3v) is 5.09. The van der Waals surface area contributed by atoms with E-state index in [9.17, 15) is 15.0 Å². The number of aromatic hydroxyl groups is 2. The number of carbonyl (C=O) groups is 1. The number of aryl methyl sites for hydroxylation is 1. The van der Waals surface area contributed by atoms with E-state index in [1.165, 1.54) is 30.7 Å². The highest BCUT2D eigenvalue weighted by atomic mass is 32.1. The average molecular weight is 382 g/mol. The number of carbonyl (C=O) groups excluding carboxylic acids is 1. The molecule has 2 aromatic carbocycles. The molecule has 0 saturated heterocycles. The van der Waals surface area contributed by atoms with E-state index in [4.69, 9.17) is 4.74 Å². The number of benzene rings is 2. The number of aliphatic imine (C=N–C) groups is 1. The molecule has 6 nitrogen and oxygen atoms in total. The van der Waals surface area contributed by atoms with Crippen LogP contribution in [-0.2, 0) is 0 Å². The molecule has 27 heavy (non-hydrogen) atoms. The van der Waals surface area contributed by atoms with Crippen molar-refractivity contribution in [2.45, 2.75) is 6.92 Å². The van der Waals surface area contributed by atoms with Gasteiger partial charge in [-0.25, -0.2) is 4.98 Å². The van der Waals surface area contributed by atoms with Crippen molar-refractivity contribution >= 4 is 23.3 Å². The summed E-state index contributed by atoms with van der Waals surface area (Å²) in [5.74, 6) is 0.363. The zero-order valence-corrected chi connectivity index (χ0v) is 15.7. The SMILES string of the molecule is COc1ccc(C=NCC(=O)c2sc(-c3ccccc3O)nc2C)cc1O. The number of thiazole rings is 1. The Kier molecular flexibility index (Phi) is 5.52. The molecule has 0 unspecified atom stereocenters. The molecule has 3 rings (SSSR count). The number of hydrogen-bond donors (Lipinski definition) is 2. The molecule has 2 N–H and O–H groups in total. The molecule has 0 amide bonds. The van der Waals surface area contributed by atoms with Gasteiger partial charge in [0.2, 0.25) is 0 Å². The molecule has 138 valence electrons. The second kappa shape index (κ2) is 8.01. The highest BCUT2D eigenvalue weighted by molar-refractivity contribution is 7.17. The first kappa shape index (κ1) is 18.6. The molecule has 1 aromatic heterocycles. The third-order valence-electron chi connectivity index (χ3n) is 3.86. The lowest BCUT2D eigenvalue weighted by molar-refractivity contribution is 0.100. The number of para-hydroxylation sites is 1. The molecule has 0 atom stereocenters. The smallest absolute Gasteiger partial charge is 0.196 e. The van der Waals surface area contributed by atoms with Crippen molar-refractivity contribution in [1.29, 1.82) is 0 Å². The summed E-state index contributed by atoms with van der Waals surface area (Å²) in [5, 5.41) is 20.3. The number of phenols is 2. The van der Waals surface area contributed by atoms with Crippen molar-refractivity contribution < 1.29 is 19.7 Å². The minimum atomic E-state index is -0.152. The summed E-state index contributed by atoms with van der Waals surface area (Å²) in [6, 6.07) is 11.8. The van der Waals surface area contributed by atoms with E-state index in [0.717, 1.165) is 0 Å². The number of nitrogens with zero attached hydrogens (tertiary/aromatic N) is 2. The van der Waals surface area contributed by atoms with Crippen LogP contribution in [0.4, 0.5) is 0 Å². The molecule has 0 fully saturated rings. The Bertz CT molecular complexity index is 1010. The highest BCUT2D eigenvalue weighted by Crippen LogP contribution is 2.33. The van der Waals surface area contributed by atoms with Crippen LogP contribution in [0.25, 0.3) is 10.6 Å². The largest absolute Gasteiger partial charge is 0.507 e. The van der Waals surface area contributed by atoms with E-state index in [1.54, 1.807) is 37.3 Å². The lowest BCUT2D eigenvalue weighted by Crippen LogP contribution is -2.03. The van der Waals surface area contributed by atoms with Crippen molar-refractivity contribution in [2.24, 2.45) is 4.99 Å². The second-order valence-electron chi connectivity index (χ2n) is 5.77. The van der Waals surface area contributed by atoms with Crippen LogP contribution in [0.1, 0.15) is 20.9 Å². The van der Waals surface area contributed by atoms with Crippen molar-refractivity contribution in [3.63, 3.8) is 0 Å². The minimum Gasteiger partial charge on any atom is -0.507 e. The molecule has 3 aromatic rings. The zero-order valence-electron chi connectivity index (χ0n) is 14.8. The van der Waals surface area contributed by atoms with Gasteiger partial charge in [-0.3, -0.25) is 9.79 Å². The van der Waals surface area contributed by atoms with Gasteiger partial charge in [-0.1, -0.05) is 12.1 Å². The van der Waals surface area contributed by atoms with E-state index >= 15 is 0 Å². The molecule has 1 heterocycles. The maximum atomic E-state index is 12.5. The monoisotopic (exact) mass is 382 g/mol. The van der Waals surface area contributed by atoms with Gasteiger partial charge in [0.1, 0.15) is 17.3 Å². The fourth-order valence-electron chi connectivity index (χ4n) is 2.52. The summed E-state index contributed by atoms with van der Waals surface area (Å²) >= 11 is 1.24. The molecule has 0 saturated carbocycles. The molecule has 7 heteroatoms. The Morgan fingerprint density at radius 2 is 2.00 bits per heavy atom. The zero-order chi connectivity index (χ0) is 19.4. The fraction of sp³-hybridized carbons (Fsp3) is 0.150. The van der Waals surface area contributed by atoms with Crippen molar-refractivity contribution in [3.05, 3.63) is 58.6 Å². The van der Waals surface area contributed by atoms with E-state index in [1.807, 2.05) is 6.07 Å². The van der Waals surface area contributed by atoms with Crippen LogP contribution in [0.2, 0.25) is 0 Å². The van der Waals surface area contributed by atoms with Gasteiger partial charge in [0.05, 0.1) is 23.2 Å². The van der Waals surface area contributed by atoms with E-state index in [0.29, 0.717) is 32.5 Å². The maximum Gasteiger partial charge on any atom is 0.196 e. The second-order valence-corrected chi connectivity index (χ2v) is 6.77. The summed E-state index contributed by atoms with van der Waals surface area (Å²) in [4.78, 5) is 21.6. The van der Waals surface area contributed by atoms with Gasteiger partial charge in [0.15, 0.2) is 17.3 Å². The Balaban J connectivity index is 1.73. The standard InChI is InChI=1S/C20H18N2O4S/c1-12-19(27-20(22-12)14-5-3-4-6-15(14)23)17(25)11-21-10-13-7-8-18(26-2)16(24)9-13/h3-10,23-24H,11H2,1-2H3. The number of phenolic OH excluding ortho intramolecular Hbond substituents is 2. The van der Waals surface area contributed by atoms with Gasteiger partial charge in [-0.05, 0) is 42.8 Å². The third kappa shape index (κ3) is 4.15. The number of methoxy groups -OCH3 is 1. The lowest BCUT2D eigenvalue weighted by Gasteiger charge is -2.02. The van der Waals surface area contributed by atoms with Gasteiger partial charge in [0.25, 0.3) is 0 Å². The van der Waals surface area contributed by atoms with Gasteiger partial charge in [-0.15, -0.1) is 11.3 Å². The Morgan fingerprint density at radius 3 is 2.70 bits per heavy atom. The van der Waals surface area contributed by atoms with Crippen LogP contribution in [0.5, 0.6) is 17.2 Å². The van der Waals surface area contributed by atoms with Gasteiger partial charge in [0, 0.05) is 6.21 Å². The predicted octanol–water partition coefficient (Wildman–Crippen LogP) is 3.84. The number of ether oxygens (including phenoxy) is 1. The molecule has 0 aliphatic rings. The first-order valence-corrected chi connectivity index (χ1v) is 8.97. The molecule has 0 bridgehead atoms. The van der Waals surface area contributed by atoms with Crippen LogP contribution in [0, 0.1) is 6.92 Å². The lowest BCUT2D eigenvalue weighted by atomic mass is 10.2. The minimum absolute atomic E-state index is 0.0124. The Morgan fingerprint density at radius 1 is 1.22 bits per heavy atom. The number of rotatable bonds is 6. The van der Waals surface area contributed by atoms with Crippen molar-refractivity contribution in [1.82, 2.24) is 4.98 Å². The van der Waals surface area contributed by atoms with Crippen LogP contribution in [0.15, 0.2) is 47.5 Å². The van der Waals surface area contributed by atoms with E-state index < -0.39 is 0 Å². The highest BCUT2D eigenvalue weighted by Gasteiger charge is 2.17. The average Bonchev–Trinajstić information content (AvgIpc) is 3.04. The Hall–Kier alpha value is -3.19.